The Bertz CT molecular complexity index is 1050. The molecule has 9 nitrogen and oxygen atoms in total. The predicted octanol–water partition coefficient (Wildman–Crippen LogP) is 4.06. The highest BCUT2D eigenvalue weighted by molar-refractivity contribution is 6.05. The summed E-state index contributed by atoms with van der Waals surface area (Å²) in [5.74, 6) is -1.62. The third-order valence-corrected chi connectivity index (χ3v) is 6.79. The minimum Gasteiger partial charge on any atom is -0.493 e. The van der Waals surface area contributed by atoms with Crippen molar-refractivity contribution >= 4 is 17.7 Å². The van der Waals surface area contributed by atoms with E-state index in [2.05, 4.69) is 0 Å². The van der Waals surface area contributed by atoms with Crippen molar-refractivity contribution in [3.05, 3.63) is 47.5 Å². The first-order valence-corrected chi connectivity index (χ1v) is 12.1. The van der Waals surface area contributed by atoms with Crippen LogP contribution in [0.25, 0.3) is 0 Å². The Labute approximate surface area is 216 Å². The fourth-order valence-corrected chi connectivity index (χ4v) is 5.21. The van der Waals surface area contributed by atoms with Crippen LogP contribution in [0, 0.1) is 5.41 Å². The smallest absolute Gasteiger partial charge is 0.324 e. The van der Waals surface area contributed by atoms with Gasteiger partial charge in [-0.05, 0) is 49.2 Å². The Morgan fingerprint density at radius 3 is 1.46 bits per heavy atom. The third-order valence-electron chi connectivity index (χ3n) is 6.79. The number of rotatable bonds is 10. The van der Waals surface area contributed by atoms with Gasteiger partial charge in [0, 0.05) is 24.7 Å². The molecular formula is C28H34O9. The van der Waals surface area contributed by atoms with Gasteiger partial charge in [-0.3, -0.25) is 14.4 Å². The van der Waals surface area contributed by atoms with E-state index in [1.807, 2.05) is 13.8 Å². The Hall–Kier alpha value is -3.75. The molecule has 0 saturated heterocycles. The molecule has 0 amide bonds. The minimum absolute atomic E-state index is 0.0624. The van der Waals surface area contributed by atoms with E-state index < -0.39 is 29.2 Å². The number of hydrogen-bond acceptors (Lipinski definition) is 9. The summed E-state index contributed by atoms with van der Waals surface area (Å²) in [6, 6.07) is 10.2. The molecule has 0 bridgehead atoms. The maximum absolute atomic E-state index is 13.7. The summed E-state index contributed by atoms with van der Waals surface area (Å²) < 4.78 is 32.7. The lowest BCUT2D eigenvalue weighted by Crippen LogP contribution is -2.54. The first kappa shape index (κ1) is 27.8. The second-order valence-electron chi connectivity index (χ2n) is 8.59. The van der Waals surface area contributed by atoms with Gasteiger partial charge in [-0.2, -0.15) is 0 Å². The molecule has 9 heteroatoms. The van der Waals surface area contributed by atoms with Gasteiger partial charge < -0.3 is 28.4 Å². The van der Waals surface area contributed by atoms with Crippen molar-refractivity contribution in [1.29, 1.82) is 0 Å². The Morgan fingerprint density at radius 2 is 1.14 bits per heavy atom. The summed E-state index contributed by atoms with van der Waals surface area (Å²) in [5, 5.41) is 0. The standard InChI is InChI=1S/C28H34O9/c1-7-36-24-13-17(9-11-22(24)32-3)20-15-19(29)16-21(28(20,26(30)34-5)27(31)35-6)18-10-12-23(33-4)25(14-18)37-8-2/h9-14,20-21H,7-8,15-16H2,1-6H3. The highest BCUT2D eigenvalue weighted by atomic mass is 16.5. The van der Waals surface area contributed by atoms with Gasteiger partial charge in [-0.1, -0.05) is 12.1 Å². The van der Waals surface area contributed by atoms with E-state index >= 15 is 0 Å². The quantitative estimate of drug-likeness (QED) is 0.343. The summed E-state index contributed by atoms with van der Waals surface area (Å²) in [7, 11) is 5.47. The van der Waals surface area contributed by atoms with Gasteiger partial charge in [0.15, 0.2) is 28.4 Å². The van der Waals surface area contributed by atoms with Crippen molar-refractivity contribution in [3.8, 4) is 23.0 Å². The van der Waals surface area contributed by atoms with Crippen molar-refractivity contribution < 1.29 is 42.8 Å². The van der Waals surface area contributed by atoms with Crippen LogP contribution in [0.4, 0.5) is 0 Å². The molecule has 0 heterocycles. The van der Waals surface area contributed by atoms with Crippen LogP contribution in [0.3, 0.4) is 0 Å². The van der Waals surface area contributed by atoms with Gasteiger partial charge in [0.05, 0.1) is 41.7 Å². The van der Waals surface area contributed by atoms with Gasteiger partial charge >= 0.3 is 11.9 Å². The summed E-state index contributed by atoms with van der Waals surface area (Å²) in [6.07, 6.45) is -0.125. The number of ether oxygens (including phenoxy) is 6. The van der Waals surface area contributed by atoms with Crippen LogP contribution in [0.5, 0.6) is 23.0 Å². The van der Waals surface area contributed by atoms with Gasteiger partial charge in [-0.25, -0.2) is 0 Å². The molecule has 2 aromatic rings. The van der Waals surface area contributed by atoms with E-state index in [-0.39, 0.29) is 18.6 Å². The SMILES string of the molecule is CCOc1cc(C2CC(=O)CC(c3ccc(OC)c(OCC)c3)C2(C(=O)OC)C(=O)OC)ccc1OC. The number of ketones is 1. The van der Waals surface area contributed by atoms with Gasteiger partial charge in [-0.15, -0.1) is 0 Å². The molecule has 2 aromatic carbocycles. The Kier molecular flexibility index (Phi) is 9.02. The number of esters is 2. The van der Waals surface area contributed by atoms with Crippen molar-refractivity contribution in [2.24, 2.45) is 5.41 Å². The Balaban J connectivity index is 2.31. The monoisotopic (exact) mass is 514 g/mol. The lowest BCUT2D eigenvalue weighted by atomic mass is 9.56. The number of hydrogen-bond donors (Lipinski definition) is 0. The fraction of sp³-hybridized carbons (Fsp3) is 0.464. The first-order chi connectivity index (χ1) is 17.8. The van der Waals surface area contributed by atoms with Crippen LogP contribution in [-0.2, 0) is 23.9 Å². The van der Waals surface area contributed by atoms with E-state index in [0.29, 0.717) is 47.3 Å². The second-order valence-corrected chi connectivity index (χ2v) is 8.59. The number of benzene rings is 2. The summed E-state index contributed by atoms with van der Waals surface area (Å²) >= 11 is 0. The molecule has 3 rings (SSSR count). The zero-order valence-electron chi connectivity index (χ0n) is 22.1. The van der Waals surface area contributed by atoms with Crippen LogP contribution in [0.2, 0.25) is 0 Å². The maximum atomic E-state index is 13.7. The lowest BCUT2D eigenvalue weighted by molar-refractivity contribution is -0.175. The molecule has 200 valence electrons. The number of Topliss-reactive ketones (excluding diaryl/α,β-unsaturated/α-hetero) is 1. The second kappa shape index (κ2) is 12.0. The number of carbonyl (C=O) groups is 3. The molecule has 1 aliphatic carbocycles. The minimum atomic E-state index is -1.85. The van der Waals surface area contributed by atoms with Crippen LogP contribution >= 0.6 is 0 Å². The molecule has 0 radical (unpaired) electrons. The van der Waals surface area contributed by atoms with Crippen LogP contribution in [0.15, 0.2) is 36.4 Å². The van der Waals surface area contributed by atoms with E-state index in [1.54, 1.807) is 36.4 Å². The van der Waals surface area contributed by atoms with Gasteiger partial charge in [0.25, 0.3) is 0 Å². The Morgan fingerprint density at radius 1 is 0.730 bits per heavy atom. The molecule has 0 N–H and O–H groups in total. The molecule has 0 aliphatic heterocycles. The lowest BCUT2D eigenvalue weighted by Gasteiger charge is -2.45. The van der Waals surface area contributed by atoms with Crippen LogP contribution < -0.4 is 18.9 Å². The topological polar surface area (TPSA) is 107 Å². The van der Waals surface area contributed by atoms with Crippen molar-refractivity contribution in [1.82, 2.24) is 0 Å². The molecule has 1 saturated carbocycles. The summed E-state index contributed by atoms with van der Waals surface area (Å²) in [5.41, 5.74) is -0.749. The average Bonchev–Trinajstić information content (AvgIpc) is 2.92. The molecule has 2 unspecified atom stereocenters. The molecule has 37 heavy (non-hydrogen) atoms. The van der Waals surface area contributed by atoms with Gasteiger partial charge in [0.1, 0.15) is 5.78 Å². The molecule has 0 aromatic heterocycles. The molecule has 1 aliphatic rings. The first-order valence-electron chi connectivity index (χ1n) is 12.1. The molecule has 0 spiro atoms. The van der Waals surface area contributed by atoms with Crippen molar-refractivity contribution in [3.63, 3.8) is 0 Å². The molecular weight excluding hydrogens is 480 g/mol. The largest absolute Gasteiger partial charge is 0.493 e. The van der Waals surface area contributed by atoms with Gasteiger partial charge in [0.2, 0.25) is 0 Å². The van der Waals surface area contributed by atoms with E-state index in [1.165, 1.54) is 28.4 Å². The van der Waals surface area contributed by atoms with E-state index in [0.717, 1.165) is 0 Å². The van der Waals surface area contributed by atoms with Crippen LogP contribution in [0.1, 0.15) is 49.7 Å². The highest BCUT2D eigenvalue weighted by Crippen LogP contribution is 2.56. The summed E-state index contributed by atoms with van der Waals surface area (Å²) in [4.78, 5) is 40.6. The van der Waals surface area contributed by atoms with Crippen molar-refractivity contribution in [2.75, 3.05) is 41.7 Å². The number of carbonyl (C=O) groups excluding carboxylic acids is 3. The van der Waals surface area contributed by atoms with E-state index in [4.69, 9.17) is 28.4 Å². The fourth-order valence-electron chi connectivity index (χ4n) is 5.21. The molecule has 1 fully saturated rings. The zero-order valence-corrected chi connectivity index (χ0v) is 22.1. The van der Waals surface area contributed by atoms with Crippen molar-refractivity contribution in [2.45, 2.75) is 38.5 Å². The van der Waals surface area contributed by atoms with E-state index in [9.17, 15) is 14.4 Å². The van der Waals surface area contributed by atoms with Crippen LogP contribution in [-0.4, -0.2) is 59.4 Å². The molecule has 2 atom stereocenters. The normalized spacial score (nSPS) is 18.5. The zero-order chi connectivity index (χ0) is 27.2. The summed E-state index contributed by atoms with van der Waals surface area (Å²) in [6.45, 7) is 4.41. The highest BCUT2D eigenvalue weighted by Gasteiger charge is 2.63. The third kappa shape index (κ3) is 5.08. The predicted molar refractivity (Wildman–Crippen MR) is 135 cm³/mol. The number of methoxy groups -OCH3 is 4. The maximum Gasteiger partial charge on any atom is 0.324 e. The average molecular weight is 515 g/mol.